The van der Waals surface area contributed by atoms with Crippen molar-refractivity contribution in [2.24, 2.45) is 0 Å². The van der Waals surface area contributed by atoms with E-state index in [4.69, 9.17) is 4.52 Å². The Morgan fingerprint density at radius 1 is 1.39 bits per heavy atom. The first-order valence-electron chi connectivity index (χ1n) is 5.68. The van der Waals surface area contributed by atoms with Crippen molar-refractivity contribution in [1.82, 2.24) is 5.09 Å². The number of hydrogen-bond donors (Lipinski definition) is 1. The van der Waals surface area contributed by atoms with Crippen LogP contribution in [0.5, 0.6) is 0 Å². The summed E-state index contributed by atoms with van der Waals surface area (Å²) in [4.78, 5) is 11.2. The maximum Gasteiger partial charge on any atom is 0.269 e. The van der Waals surface area contributed by atoms with E-state index >= 15 is 0 Å². The first-order valence-corrected chi connectivity index (χ1v) is 8.11. The normalized spacial score (nSPS) is 12.3. The molecule has 0 heterocycles. The lowest BCUT2D eigenvalue weighted by molar-refractivity contribution is -0.384. The summed E-state index contributed by atoms with van der Waals surface area (Å²) >= 11 is 1.65. The Hall–Kier alpha value is -0.680. The minimum atomic E-state index is -0.626. The van der Waals surface area contributed by atoms with Crippen LogP contribution in [0.3, 0.4) is 0 Å². The van der Waals surface area contributed by atoms with Crippen molar-refractivity contribution in [3.63, 3.8) is 0 Å². The van der Waals surface area contributed by atoms with Gasteiger partial charge >= 0.3 is 0 Å². The minimum Gasteiger partial charge on any atom is -0.343 e. The van der Waals surface area contributed by atoms with Gasteiger partial charge in [0.15, 0.2) is 0 Å². The second-order valence-corrected chi connectivity index (χ2v) is 6.46. The van der Waals surface area contributed by atoms with Crippen molar-refractivity contribution in [3.8, 4) is 0 Å². The van der Waals surface area contributed by atoms with E-state index in [1.54, 1.807) is 23.9 Å². The van der Waals surface area contributed by atoms with E-state index in [0.717, 1.165) is 16.9 Å². The van der Waals surface area contributed by atoms with Gasteiger partial charge in [0.2, 0.25) is 0 Å². The van der Waals surface area contributed by atoms with Gasteiger partial charge in [-0.25, -0.2) is 0 Å². The summed E-state index contributed by atoms with van der Waals surface area (Å²) in [7, 11) is -0.626. The van der Waals surface area contributed by atoms with Crippen LogP contribution >= 0.6 is 20.1 Å². The third-order valence-corrected chi connectivity index (χ3v) is 5.31. The number of nitro benzene ring substituents is 1. The molecule has 0 bridgehead atoms. The van der Waals surface area contributed by atoms with E-state index in [-0.39, 0.29) is 10.6 Å². The van der Waals surface area contributed by atoms with Crippen LogP contribution in [-0.4, -0.2) is 23.6 Å². The summed E-state index contributed by atoms with van der Waals surface area (Å²) in [6, 6.07) is 6.60. The van der Waals surface area contributed by atoms with E-state index in [1.165, 1.54) is 12.1 Å². The number of thioether (sulfide) groups is 1. The van der Waals surface area contributed by atoms with Crippen molar-refractivity contribution >= 4 is 25.7 Å². The summed E-state index contributed by atoms with van der Waals surface area (Å²) in [6.45, 7) is 5.60. The molecular weight excluding hydrogens is 271 g/mol. The molecule has 0 aliphatic heterocycles. The van der Waals surface area contributed by atoms with E-state index < -0.39 is 8.30 Å². The molecule has 5 nitrogen and oxygen atoms in total. The molecule has 0 aromatic heterocycles. The molecule has 0 saturated carbocycles. The molecule has 7 heteroatoms. The van der Waals surface area contributed by atoms with Crippen molar-refractivity contribution in [1.29, 1.82) is 0 Å². The molecule has 0 spiro atoms. The fraction of sp³-hybridized carbons (Fsp3) is 0.455. The highest BCUT2D eigenvalue weighted by molar-refractivity contribution is 8.04. The van der Waals surface area contributed by atoms with Crippen molar-refractivity contribution in [2.45, 2.75) is 18.7 Å². The molecule has 0 radical (unpaired) electrons. The number of non-ortho nitro benzene ring substituents is 1. The van der Waals surface area contributed by atoms with Gasteiger partial charge in [0, 0.05) is 23.6 Å². The monoisotopic (exact) mass is 288 g/mol. The van der Waals surface area contributed by atoms with Crippen LogP contribution in [0.15, 0.2) is 29.2 Å². The third kappa shape index (κ3) is 5.31. The van der Waals surface area contributed by atoms with Crippen LogP contribution in [0, 0.1) is 10.1 Å². The van der Waals surface area contributed by atoms with Gasteiger partial charge in [0.05, 0.1) is 10.4 Å². The predicted molar refractivity (Wildman–Crippen MR) is 76.0 cm³/mol. The van der Waals surface area contributed by atoms with Gasteiger partial charge in [-0.05, 0) is 25.6 Å². The Morgan fingerprint density at radius 3 is 2.56 bits per heavy atom. The first-order chi connectivity index (χ1) is 8.67. The summed E-state index contributed by atoms with van der Waals surface area (Å²) < 4.78 is 5.59. The zero-order valence-electron chi connectivity index (χ0n) is 10.5. The number of rotatable bonds is 8. The van der Waals surface area contributed by atoms with Gasteiger partial charge in [-0.1, -0.05) is 6.92 Å². The lowest BCUT2D eigenvalue weighted by Crippen LogP contribution is -2.08. The number of nitrogens with one attached hydrogen (secondary N) is 1. The molecule has 1 atom stereocenters. The third-order valence-electron chi connectivity index (χ3n) is 2.02. The Morgan fingerprint density at radius 2 is 2.06 bits per heavy atom. The maximum absolute atomic E-state index is 10.5. The molecule has 0 saturated heterocycles. The highest BCUT2D eigenvalue weighted by Crippen LogP contribution is 2.38. The predicted octanol–water partition coefficient (Wildman–Crippen LogP) is 3.60. The van der Waals surface area contributed by atoms with E-state index in [1.807, 2.05) is 13.8 Å². The number of benzene rings is 1. The molecule has 1 rings (SSSR count). The molecular formula is C11H17N2O3PS. The molecule has 1 aromatic carbocycles. The SMILES string of the molecule is CCNP(CSc1ccc([N+](=O)[O-])cc1)OCC. The molecule has 0 fully saturated rings. The average molecular weight is 288 g/mol. The fourth-order valence-corrected chi connectivity index (χ4v) is 4.07. The maximum atomic E-state index is 10.5. The summed E-state index contributed by atoms with van der Waals surface area (Å²) in [5, 5.41) is 13.8. The molecule has 1 N–H and O–H groups in total. The smallest absolute Gasteiger partial charge is 0.269 e. The summed E-state index contributed by atoms with van der Waals surface area (Å²) in [5.74, 6) is 0. The lowest BCUT2D eigenvalue weighted by Gasteiger charge is -2.16. The minimum absolute atomic E-state index is 0.123. The topological polar surface area (TPSA) is 64.4 Å². The van der Waals surface area contributed by atoms with Gasteiger partial charge in [-0.15, -0.1) is 11.8 Å². The van der Waals surface area contributed by atoms with Crippen molar-refractivity contribution in [2.75, 3.05) is 18.6 Å². The second-order valence-electron chi connectivity index (χ2n) is 3.33. The number of nitro groups is 1. The van der Waals surface area contributed by atoms with E-state index in [2.05, 4.69) is 5.09 Å². The Labute approximate surface area is 112 Å². The fourth-order valence-electron chi connectivity index (χ4n) is 1.26. The van der Waals surface area contributed by atoms with Gasteiger partial charge in [-0.2, -0.15) is 0 Å². The molecule has 0 aliphatic rings. The summed E-state index contributed by atoms with van der Waals surface area (Å²) in [5.41, 5.74) is 0.965. The zero-order chi connectivity index (χ0) is 13.4. The Bertz CT molecular complexity index is 369. The Balaban J connectivity index is 2.48. The van der Waals surface area contributed by atoms with Crippen molar-refractivity contribution < 1.29 is 9.45 Å². The van der Waals surface area contributed by atoms with E-state index in [0.29, 0.717) is 6.61 Å². The first kappa shape index (κ1) is 15.4. The highest BCUT2D eigenvalue weighted by atomic mass is 32.2. The standard InChI is InChI=1S/C11H17N2O3PS/c1-3-12-17(16-4-2)9-18-11-7-5-10(6-8-11)13(14)15/h5-8,12H,3-4,9H2,1-2H3. The summed E-state index contributed by atoms with van der Waals surface area (Å²) in [6.07, 6.45) is 0. The molecule has 1 aromatic rings. The largest absolute Gasteiger partial charge is 0.343 e. The van der Waals surface area contributed by atoms with Crippen molar-refractivity contribution in [3.05, 3.63) is 34.4 Å². The van der Waals surface area contributed by atoms with E-state index in [9.17, 15) is 10.1 Å². The second kappa shape index (κ2) is 8.43. The van der Waals surface area contributed by atoms with Crippen LogP contribution in [0.1, 0.15) is 13.8 Å². The zero-order valence-corrected chi connectivity index (χ0v) is 12.2. The molecule has 1 unspecified atom stereocenters. The van der Waals surface area contributed by atoms with Crippen LogP contribution in [0.25, 0.3) is 0 Å². The molecule has 100 valence electrons. The highest BCUT2D eigenvalue weighted by Gasteiger charge is 2.09. The van der Waals surface area contributed by atoms with Gasteiger partial charge in [0.1, 0.15) is 8.30 Å². The van der Waals surface area contributed by atoms with Gasteiger partial charge in [0.25, 0.3) is 5.69 Å². The molecule has 0 aliphatic carbocycles. The van der Waals surface area contributed by atoms with Gasteiger partial charge < -0.3 is 4.52 Å². The average Bonchev–Trinajstić information content (AvgIpc) is 2.37. The number of hydrogen-bond acceptors (Lipinski definition) is 5. The van der Waals surface area contributed by atoms with Crippen LogP contribution < -0.4 is 5.09 Å². The quantitative estimate of drug-likeness (QED) is 0.343. The Kier molecular flexibility index (Phi) is 7.20. The lowest BCUT2D eigenvalue weighted by atomic mass is 10.3. The molecule has 0 amide bonds. The van der Waals surface area contributed by atoms with Crippen LogP contribution in [0.4, 0.5) is 5.69 Å². The molecule has 18 heavy (non-hydrogen) atoms. The van der Waals surface area contributed by atoms with Crippen LogP contribution in [0.2, 0.25) is 0 Å². The van der Waals surface area contributed by atoms with Gasteiger partial charge in [-0.3, -0.25) is 15.2 Å². The number of nitrogens with zero attached hydrogens (tertiary/aromatic N) is 1. The van der Waals surface area contributed by atoms with Crippen LogP contribution in [-0.2, 0) is 4.52 Å².